The molecule has 134 valence electrons. The molecule has 8 nitrogen and oxygen atoms in total. The Bertz CT molecular complexity index is 1020. The van der Waals surface area contributed by atoms with E-state index in [-0.39, 0.29) is 22.1 Å². The Morgan fingerprint density at radius 2 is 2.04 bits per heavy atom. The van der Waals surface area contributed by atoms with Crippen LogP contribution in [0.5, 0.6) is 11.5 Å². The summed E-state index contributed by atoms with van der Waals surface area (Å²) >= 11 is 1.02. The molecule has 3 aromatic rings. The molecule has 0 radical (unpaired) electrons. The van der Waals surface area contributed by atoms with Crippen molar-refractivity contribution in [2.45, 2.75) is 0 Å². The van der Waals surface area contributed by atoms with Crippen molar-refractivity contribution in [3.05, 3.63) is 51.8 Å². The first-order valence-electron chi connectivity index (χ1n) is 7.20. The summed E-state index contributed by atoms with van der Waals surface area (Å²) in [6, 6.07) is 6.28. The molecule has 0 spiro atoms. The third-order valence-electron chi connectivity index (χ3n) is 3.51. The molecule has 10 heteroatoms. The number of benzene rings is 2. The highest BCUT2D eigenvalue weighted by molar-refractivity contribution is 7.22. The Labute approximate surface area is 150 Å². The number of rotatable bonds is 5. The predicted molar refractivity (Wildman–Crippen MR) is 93.7 cm³/mol. The van der Waals surface area contributed by atoms with Crippen molar-refractivity contribution in [3.63, 3.8) is 0 Å². The summed E-state index contributed by atoms with van der Waals surface area (Å²) in [4.78, 5) is 27.2. The van der Waals surface area contributed by atoms with Crippen molar-refractivity contribution in [1.82, 2.24) is 4.98 Å². The summed E-state index contributed by atoms with van der Waals surface area (Å²) in [5.74, 6) is -0.702. The van der Waals surface area contributed by atoms with Crippen LogP contribution in [0.4, 0.5) is 15.2 Å². The lowest BCUT2D eigenvalue weighted by atomic mass is 10.1. The van der Waals surface area contributed by atoms with Crippen molar-refractivity contribution in [2.24, 2.45) is 0 Å². The Morgan fingerprint density at radius 1 is 1.27 bits per heavy atom. The van der Waals surface area contributed by atoms with Crippen LogP contribution in [0, 0.1) is 15.9 Å². The van der Waals surface area contributed by atoms with Gasteiger partial charge in [-0.05, 0) is 18.2 Å². The molecule has 2 aromatic carbocycles. The Morgan fingerprint density at radius 3 is 2.69 bits per heavy atom. The number of nitro benzene ring substituents is 1. The molecule has 0 fully saturated rings. The molecule has 0 aliphatic rings. The van der Waals surface area contributed by atoms with E-state index >= 15 is 0 Å². The fraction of sp³-hybridized carbons (Fsp3) is 0.125. The third-order valence-corrected chi connectivity index (χ3v) is 4.43. The minimum atomic E-state index is -0.728. The molecule has 0 saturated carbocycles. The lowest BCUT2D eigenvalue weighted by molar-refractivity contribution is -0.385. The van der Waals surface area contributed by atoms with E-state index in [9.17, 15) is 19.3 Å². The second-order valence-electron chi connectivity index (χ2n) is 5.07. The lowest BCUT2D eigenvalue weighted by Crippen LogP contribution is -2.14. The van der Waals surface area contributed by atoms with Gasteiger partial charge >= 0.3 is 0 Å². The molecular formula is C16H12FN3O5S. The maximum absolute atomic E-state index is 13.6. The summed E-state index contributed by atoms with van der Waals surface area (Å²) in [6.45, 7) is 0. The number of fused-ring (bicyclic) bond motifs is 1. The van der Waals surface area contributed by atoms with Gasteiger partial charge in [-0.15, -0.1) is 0 Å². The second kappa shape index (κ2) is 6.92. The van der Waals surface area contributed by atoms with Crippen molar-refractivity contribution >= 4 is 38.3 Å². The number of amides is 1. The molecule has 0 bridgehead atoms. The molecule has 0 saturated heterocycles. The van der Waals surface area contributed by atoms with E-state index < -0.39 is 16.6 Å². The van der Waals surface area contributed by atoms with Crippen molar-refractivity contribution in [1.29, 1.82) is 0 Å². The van der Waals surface area contributed by atoms with Gasteiger partial charge in [-0.1, -0.05) is 11.3 Å². The molecule has 1 aromatic heterocycles. The monoisotopic (exact) mass is 377 g/mol. The highest BCUT2D eigenvalue weighted by atomic mass is 32.1. The summed E-state index contributed by atoms with van der Waals surface area (Å²) in [5, 5.41) is 13.8. The van der Waals surface area contributed by atoms with Crippen LogP contribution >= 0.6 is 11.3 Å². The molecule has 1 amide bonds. The summed E-state index contributed by atoms with van der Waals surface area (Å²) < 4.78 is 24.1. The maximum Gasteiger partial charge on any atom is 0.282 e. The number of ether oxygens (including phenoxy) is 2. The average Bonchev–Trinajstić information content (AvgIpc) is 3.02. The molecule has 1 N–H and O–H groups in total. The van der Waals surface area contributed by atoms with E-state index in [0.717, 1.165) is 11.3 Å². The van der Waals surface area contributed by atoms with Crippen LogP contribution in [0.2, 0.25) is 0 Å². The van der Waals surface area contributed by atoms with Gasteiger partial charge in [-0.2, -0.15) is 0 Å². The van der Waals surface area contributed by atoms with Gasteiger partial charge in [0, 0.05) is 12.1 Å². The number of aromatic nitrogens is 1. The van der Waals surface area contributed by atoms with E-state index in [1.807, 2.05) is 0 Å². The van der Waals surface area contributed by atoms with Crippen LogP contribution in [-0.2, 0) is 0 Å². The number of nitro groups is 1. The van der Waals surface area contributed by atoms with Crippen molar-refractivity contribution in [3.8, 4) is 11.5 Å². The predicted octanol–water partition coefficient (Wildman–Crippen LogP) is 3.61. The van der Waals surface area contributed by atoms with E-state index in [1.165, 1.54) is 44.6 Å². The van der Waals surface area contributed by atoms with Gasteiger partial charge in [-0.25, -0.2) is 9.37 Å². The van der Waals surface area contributed by atoms with Gasteiger partial charge in [-0.3, -0.25) is 20.2 Å². The zero-order valence-corrected chi connectivity index (χ0v) is 14.4. The molecule has 0 unspecified atom stereocenters. The van der Waals surface area contributed by atoms with E-state index in [4.69, 9.17) is 9.47 Å². The number of thiazole rings is 1. The lowest BCUT2D eigenvalue weighted by Gasteiger charge is -2.05. The first kappa shape index (κ1) is 17.5. The van der Waals surface area contributed by atoms with E-state index in [0.29, 0.717) is 16.0 Å². The zero-order valence-electron chi connectivity index (χ0n) is 13.6. The quantitative estimate of drug-likeness (QED) is 0.538. The van der Waals surface area contributed by atoms with Gasteiger partial charge in [0.05, 0.1) is 23.8 Å². The first-order valence-corrected chi connectivity index (χ1v) is 8.02. The van der Waals surface area contributed by atoms with Crippen LogP contribution in [0.3, 0.4) is 0 Å². The van der Waals surface area contributed by atoms with Crippen LogP contribution in [-0.4, -0.2) is 30.0 Å². The van der Waals surface area contributed by atoms with Gasteiger partial charge in [0.2, 0.25) is 0 Å². The van der Waals surface area contributed by atoms with Gasteiger partial charge in [0.25, 0.3) is 11.6 Å². The fourth-order valence-corrected chi connectivity index (χ4v) is 3.23. The molecule has 0 aliphatic heterocycles. The van der Waals surface area contributed by atoms with Crippen LogP contribution in [0.25, 0.3) is 10.2 Å². The normalized spacial score (nSPS) is 10.6. The van der Waals surface area contributed by atoms with Crippen LogP contribution < -0.4 is 14.8 Å². The Hall–Kier alpha value is -3.27. The van der Waals surface area contributed by atoms with Gasteiger partial charge in [0.1, 0.15) is 28.4 Å². The number of carbonyl (C=O) groups is 1. The topological polar surface area (TPSA) is 104 Å². The number of nitrogens with zero attached hydrogens (tertiary/aromatic N) is 2. The minimum Gasteiger partial charge on any atom is -0.497 e. The molecular weight excluding hydrogens is 365 g/mol. The molecule has 1 heterocycles. The standard InChI is InChI=1S/C16H12FN3O5S/c1-24-9-3-4-11(20(22)23)10(7-9)15(21)19-16-18-14-12(25-2)5-8(17)6-13(14)26-16/h3-7H,1-2H3,(H,18,19,21). The minimum absolute atomic E-state index is 0.158. The number of hydrogen-bond donors (Lipinski definition) is 1. The fourth-order valence-electron chi connectivity index (χ4n) is 2.32. The van der Waals surface area contributed by atoms with Gasteiger partial charge < -0.3 is 9.47 Å². The van der Waals surface area contributed by atoms with E-state index in [2.05, 4.69) is 10.3 Å². The third kappa shape index (κ3) is 3.26. The van der Waals surface area contributed by atoms with Crippen LogP contribution in [0.1, 0.15) is 10.4 Å². The second-order valence-corrected chi connectivity index (χ2v) is 6.10. The Balaban J connectivity index is 1.98. The molecule has 3 rings (SSSR count). The van der Waals surface area contributed by atoms with E-state index in [1.54, 1.807) is 0 Å². The highest BCUT2D eigenvalue weighted by Gasteiger charge is 2.22. The number of hydrogen-bond acceptors (Lipinski definition) is 7. The summed E-state index contributed by atoms with van der Waals surface area (Å²) in [7, 11) is 2.77. The Kier molecular flexibility index (Phi) is 4.67. The van der Waals surface area contributed by atoms with Crippen molar-refractivity contribution in [2.75, 3.05) is 19.5 Å². The van der Waals surface area contributed by atoms with Gasteiger partial charge in [0.15, 0.2) is 5.13 Å². The number of carbonyl (C=O) groups excluding carboxylic acids is 1. The van der Waals surface area contributed by atoms with Crippen molar-refractivity contribution < 1.29 is 23.6 Å². The smallest absolute Gasteiger partial charge is 0.282 e. The molecule has 0 atom stereocenters. The first-order chi connectivity index (χ1) is 12.4. The maximum atomic E-state index is 13.6. The molecule has 26 heavy (non-hydrogen) atoms. The number of methoxy groups -OCH3 is 2. The summed E-state index contributed by atoms with van der Waals surface area (Å²) in [5.41, 5.74) is -0.158. The zero-order chi connectivity index (χ0) is 18.8. The number of anilines is 1. The SMILES string of the molecule is COc1ccc([N+](=O)[O-])c(C(=O)Nc2nc3c(OC)cc(F)cc3s2)c1. The highest BCUT2D eigenvalue weighted by Crippen LogP contribution is 2.34. The average molecular weight is 377 g/mol. The molecule has 0 aliphatic carbocycles. The largest absolute Gasteiger partial charge is 0.497 e. The van der Waals surface area contributed by atoms with Crippen LogP contribution in [0.15, 0.2) is 30.3 Å². The number of nitrogens with one attached hydrogen (secondary N) is 1. The number of halogens is 1. The summed E-state index contributed by atoms with van der Waals surface area (Å²) in [6.07, 6.45) is 0.